The van der Waals surface area contributed by atoms with Crippen molar-refractivity contribution in [1.29, 1.82) is 0 Å². The summed E-state index contributed by atoms with van der Waals surface area (Å²) in [7, 11) is 0. The van der Waals surface area contributed by atoms with Gasteiger partial charge in [0.1, 0.15) is 0 Å². The number of aliphatic imine (C=N–C) groups is 1. The van der Waals surface area contributed by atoms with Crippen molar-refractivity contribution in [3.63, 3.8) is 0 Å². The van der Waals surface area contributed by atoms with Crippen LogP contribution >= 0.6 is 0 Å². The molecule has 2 aromatic rings. The summed E-state index contributed by atoms with van der Waals surface area (Å²) >= 11 is 0. The summed E-state index contributed by atoms with van der Waals surface area (Å²) in [4.78, 5) is 11.9. The Morgan fingerprint density at radius 3 is 2.93 bits per heavy atom. The topological polar surface area (TPSA) is 69.1 Å². The molecule has 14 heavy (non-hydrogen) atoms. The molecular weight excluding hydrogens is 178 g/mol. The van der Waals surface area contributed by atoms with Crippen LogP contribution in [-0.2, 0) is 0 Å². The monoisotopic (exact) mass is 187 g/mol. The lowest BCUT2D eigenvalue weighted by Gasteiger charge is -2.00. The van der Waals surface area contributed by atoms with Crippen LogP contribution in [-0.4, -0.2) is 20.9 Å². The molecular formula is C9H9N5. The molecule has 0 bridgehead atoms. The Hall–Kier alpha value is -2.17. The SMILES string of the molecule is NC=Nc1ccc(-n2ccnc2)cn1. The molecule has 0 aliphatic rings. The van der Waals surface area contributed by atoms with Crippen LogP contribution in [0.2, 0.25) is 0 Å². The van der Waals surface area contributed by atoms with Gasteiger partial charge in [0.2, 0.25) is 0 Å². The Labute approximate surface area is 80.9 Å². The molecule has 5 heteroatoms. The summed E-state index contributed by atoms with van der Waals surface area (Å²) in [6, 6.07) is 3.69. The van der Waals surface area contributed by atoms with E-state index >= 15 is 0 Å². The molecule has 2 heterocycles. The van der Waals surface area contributed by atoms with Crippen LogP contribution in [0.15, 0.2) is 42.0 Å². The summed E-state index contributed by atoms with van der Waals surface area (Å²) in [6.45, 7) is 0. The minimum atomic E-state index is 0.594. The predicted molar refractivity (Wildman–Crippen MR) is 53.7 cm³/mol. The lowest BCUT2D eigenvalue weighted by molar-refractivity contribution is 1.04. The van der Waals surface area contributed by atoms with Gasteiger partial charge >= 0.3 is 0 Å². The van der Waals surface area contributed by atoms with Gasteiger partial charge < -0.3 is 10.3 Å². The minimum Gasteiger partial charge on any atom is -0.390 e. The molecule has 2 rings (SSSR count). The molecule has 5 nitrogen and oxygen atoms in total. The zero-order valence-electron chi connectivity index (χ0n) is 7.41. The van der Waals surface area contributed by atoms with Gasteiger partial charge in [-0.1, -0.05) is 0 Å². The number of aromatic nitrogens is 3. The molecule has 2 aromatic heterocycles. The van der Waals surface area contributed by atoms with Crippen molar-refractivity contribution in [1.82, 2.24) is 14.5 Å². The van der Waals surface area contributed by atoms with Gasteiger partial charge in [0, 0.05) is 12.4 Å². The van der Waals surface area contributed by atoms with Crippen molar-refractivity contribution in [2.45, 2.75) is 0 Å². The van der Waals surface area contributed by atoms with Crippen LogP contribution in [0.25, 0.3) is 5.69 Å². The smallest absolute Gasteiger partial charge is 0.153 e. The minimum absolute atomic E-state index is 0.594. The Morgan fingerprint density at radius 2 is 2.36 bits per heavy atom. The van der Waals surface area contributed by atoms with Gasteiger partial charge in [-0.15, -0.1) is 0 Å². The van der Waals surface area contributed by atoms with Gasteiger partial charge in [-0.05, 0) is 12.1 Å². The van der Waals surface area contributed by atoms with E-state index in [0.29, 0.717) is 5.82 Å². The van der Waals surface area contributed by atoms with Crippen molar-refractivity contribution in [3.05, 3.63) is 37.1 Å². The third-order valence-corrected chi connectivity index (χ3v) is 1.74. The highest BCUT2D eigenvalue weighted by atomic mass is 15.0. The fourth-order valence-electron chi connectivity index (χ4n) is 1.10. The van der Waals surface area contributed by atoms with Crippen LogP contribution < -0.4 is 5.73 Å². The van der Waals surface area contributed by atoms with E-state index in [-0.39, 0.29) is 0 Å². The first-order chi connectivity index (χ1) is 6.90. The van der Waals surface area contributed by atoms with Gasteiger partial charge in [0.15, 0.2) is 5.82 Å². The second kappa shape index (κ2) is 3.69. The van der Waals surface area contributed by atoms with Gasteiger partial charge in [0.25, 0.3) is 0 Å². The van der Waals surface area contributed by atoms with E-state index in [1.807, 2.05) is 16.8 Å². The molecule has 0 saturated heterocycles. The Balaban J connectivity index is 2.31. The van der Waals surface area contributed by atoms with E-state index in [9.17, 15) is 0 Å². The number of hydrogen-bond acceptors (Lipinski definition) is 3. The van der Waals surface area contributed by atoms with Crippen LogP contribution in [0.1, 0.15) is 0 Å². The summed E-state index contributed by atoms with van der Waals surface area (Å²) in [5.74, 6) is 0.594. The number of nitrogens with zero attached hydrogens (tertiary/aromatic N) is 4. The van der Waals surface area contributed by atoms with Gasteiger partial charge in [0.05, 0.1) is 24.6 Å². The zero-order chi connectivity index (χ0) is 9.80. The number of nitrogens with two attached hydrogens (primary N) is 1. The Bertz CT molecular complexity index is 415. The molecule has 0 amide bonds. The fraction of sp³-hybridized carbons (Fsp3) is 0. The third-order valence-electron chi connectivity index (χ3n) is 1.74. The fourth-order valence-corrected chi connectivity index (χ4v) is 1.10. The number of pyridine rings is 1. The average Bonchev–Trinajstić information content (AvgIpc) is 2.72. The first-order valence-corrected chi connectivity index (χ1v) is 4.09. The summed E-state index contributed by atoms with van der Waals surface area (Å²) in [6.07, 6.45) is 8.21. The van der Waals surface area contributed by atoms with E-state index in [0.717, 1.165) is 5.69 Å². The number of imidazole rings is 1. The predicted octanol–water partition coefficient (Wildman–Crippen LogP) is 0.886. The molecule has 0 fully saturated rings. The molecule has 0 aromatic carbocycles. The number of rotatable bonds is 2. The standard InChI is InChI=1S/C9H9N5/c10-6-13-9-2-1-8(5-12-9)14-4-3-11-7-14/h1-7H,(H2,10,12,13). The molecule has 0 saturated carbocycles. The highest BCUT2D eigenvalue weighted by Crippen LogP contribution is 2.10. The van der Waals surface area contributed by atoms with Gasteiger partial charge in [-0.3, -0.25) is 0 Å². The molecule has 0 spiro atoms. The molecule has 0 atom stereocenters. The average molecular weight is 187 g/mol. The lowest BCUT2D eigenvalue weighted by atomic mass is 10.4. The second-order valence-corrected chi connectivity index (χ2v) is 2.62. The maximum absolute atomic E-state index is 5.15. The second-order valence-electron chi connectivity index (χ2n) is 2.62. The largest absolute Gasteiger partial charge is 0.390 e. The third kappa shape index (κ3) is 1.61. The van der Waals surface area contributed by atoms with E-state index < -0.39 is 0 Å². The van der Waals surface area contributed by atoms with E-state index in [1.54, 1.807) is 24.8 Å². The van der Waals surface area contributed by atoms with Gasteiger partial charge in [-0.2, -0.15) is 0 Å². The maximum Gasteiger partial charge on any atom is 0.153 e. The highest BCUT2D eigenvalue weighted by Gasteiger charge is 1.95. The molecule has 70 valence electrons. The quantitative estimate of drug-likeness (QED) is 0.560. The van der Waals surface area contributed by atoms with Crippen molar-refractivity contribution < 1.29 is 0 Å². The Kier molecular flexibility index (Phi) is 2.22. The maximum atomic E-state index is 5.15. The van der Waals surface area contributed by atoms with Crippen molar-refractivity contribution in [2.75, 3.05) is 0 Å². The Morgan fingerprint density at radius 1 is 1.43 bits per heavy atom. The first kappa shape index (κ1) is 8.43. The van der Waals surface area contributed by atoms with E-state index in [1.165, 1.54) is 6.34 Å². The molecule has 0 radical (unpaired) electrons. The molecule has 0 unspecified atom stereocenters. The highest BCUT2D eigenvalue weighted by molar-refractivity contribution is 5.57. The normalized spacial score (nSPS) is 10.9. The van der Waals surface area contributed by atoms with Crippen molar-refractivity contribution in [3.8, 4) is 5.69 Å². The van der Waals surface area contributed by atoms with Crippen molar-refractivity contribution >= 4 is 12.2 Å². The lowest BCUT2D eigenvalue weighted by Crippen LogP contribution is -1.91. The number of hydrogen-bond donors (Lipinski definition) is 1. The van der Waals surface area contributed by atoms with E-state index in [2.05, 4.69) is 15.0 Å². The molecule has 0 aliphatic carbocycles. The van der Waals surface area contributed by atoms with Crippen molar-refractivity contribution in [2.24, 2.45) is 10.7 Å². The van der Waals surface area contributed by atoms with Crippen LogP contribution in [0.4, 0.5) is 5.82 Å². The molecule has 2 N–H and O–H groups in total. The van der Waals surface area contributed by atoms with Crippen LogP contribution in [0.5, 0.6) is 0 Å². The van der Waals surface area contributed by atoms with E-state index in [4.69, 9.17) is 5.73 Å². The van der Waals surface area contributed by atoms with Gasteiger partial charge in [-0.25, -0.2) is 15.0 Å². The first-order valence-electron chi connectivity index (χ1n) is 4.09. The summed E-state index contributed by atoms with van der Waals surface area (Å²) in [5.41, 5.74) is 6.09. The zero-order valence-corrected chi connectivity index (χ0v) is 7.41. The molecule has 0 aliphatic heterocycles. The summed E-state index contributed by atoms with van der Waals surface area (Å²) < 4.78 is 1.86. The summed E-state index contributed by atoms with van der Waals surface area (Å²) in [5, 5.41) is 0. The van der Waals surface area contributed by atoms with Crippen LogP contribution in [0, 0.1) is 0 Å². The van der Waals surface area contributed by atoms with Crippen LogP contribution in [0.3, 0.4) is 0 Å².